The Kier molecular flexibility index (Phi) is 4.94. The molecule has 1 N–H and O–H groups in total. The molecule has 1 rings (SSSR count). The summed E-state index contributed by atoms with van der Waals surface area (Å²) in [5.41, 5.74) is 0.827. The van der Waals surface area contributed by atoms with Crippen LogP contribution >= 0.6 is 0 Å². The topological polar surface area (TPSA) is 21.3 Å². The standard InChI is InChI=1S/C14H22FNO/c1-5-16-9-8-14(2,3)12-10-11(15)6-7-13(12)17-4/h6-7,10,16H,5,8-9H2,1-4H3. The summed E-state index contributed by atoms with van der Waals surface area (Å²) in [6, 6.07) is 4.70. The molecular formula is C14H22FNO. The molecule has 0 fully saturated rings. The van der Waals surface area contributed by atoms with Crippen molar-refractivity contribution in [2.75, 3.05) is 20.2 Å². The molecule has 0 spiro atoms. The molecule has 0 heterocycles. The minimum absolute atomic E-state index is 0.102. The minimum Gasteiger partial charge on any atom is -0.496 e. The zero-order valence-corrected chi connectivity index (χ0v) is 11.1. The largest absolute Gasteiger partial charge is 0.496 e. The fraction of sp³-hybridized carbons (Fsp3) is 0.571. The molecule has 0 amide bonds. The number of rotatable bonds is 6. The van der Waals surface area contributed by atoms with Gasteiger partial charge in [0.15, 0.2) is 0 Å². The first-order valence-electron chi connectivity index (χ1n) is 6.06. The van der Waals surface area contributed by atoms with Crippen LogP contribution in [0.5, 0.6) is 5.75 Å². The molecule has 1 aromatic rings. The van der Waals surface area contributed by atoms with Gasteiger partial charge < -0.3 is 10.1 Å². The fourth-order valence-electron chi connectivity index (χ4n) is 1.92. The number of hydrogen-bond donors (Lipinski definition) is 1. The van der Waals surface area contributed by atoms with Crippen LogP contribution in [0.25, 0.3) is 0 Å². The van der Waals surface area contributed by atoms with Gasteiger partial charge in [-0.05, 0) is 43.1 Å². The molecule has 0 unspecified atom stereocenters. The van der Waals surface area contributed by atoms with Crippen LogP contribution in [0.3, 0.4) is 0 Å². The van der Waals surface area contributed by atoms with Gasteiger partial charge in [-0.2, -0.15) is 0 Å². The number of benzene rings is 1. The van der Waals surface area contributed by atoms with Crippen molar-refractivity contribution in [3.8, 4) is 5.75 Å². The number of methoxy groups -OCH3 is 1. The average Bonchev–Trinajstić information content (AvgIpc) is 2.29. The lowest BCUT2D eigenvalue weighted by Gasteiger charge is -2.27. The van der Waals surface area contributed by atoms with E-state index in [1.54, 1.807) is 19.2 Å². The number of nitrogens with one attached hydrogen (secondary N) is 1. The first-order valence-corrected chi connectivity index (χ1v) is 6.06. The van der Waals surface area contributed by atoms with E-state index in [1.165, 1.54) is 6.07 Å². The summed E-state index contributed by atoms with van der Waals surface area (Å²) in [5.74, 6) is 0.547. The summed E-state index contributed by atoms with van der Waals surface area (Å²) in [6.45, 7) is 8.18. The van der Waals surface area contributed by atoms with Gasteiger partial charge in [0, 0.05) is 5.56 Å². The predicted octanol–water partition coefficient (Wildman–Crippen LogP) is 3.11. The summed E-state index contributed by atoms with van der Waals surface area (Å²) in [5, 5.41) is 3.29. The minimum atomic E-state index is -0.211. The lowest BCUT2D eigenvalue weighted by Crippen LogP contribution is -2.26. The number of halogens is 1. The van der Waals surface area contributed by atoms with Gasteiger partial charge in [-0.3, -0.25) is 0 Å². The summed E-state index contributed by atoms with van der Waals surface area (Å²) in [4.78, 5) is 0. The quantitative estimate of drug-likeness (QED) is 0.770. The lowest BCUT2D eigenvalue weighted by molar-refractivity contribution is 0.380. The highest BCUT2D eigenvalue weighted by atomic mass is 19.1. The Labute approximate surface area is 103 Å². The molecule has 0 aliphatic rings. The fourth-order valence-corrected chi connectivity index (χ4v) is 1.92. The summed E-state index contributed by atoms with van der Waals surface area (Å²) in [6.07, 6.45) is 0.945. The van der Waals surface area contributed by atoms with E-state index in [4.69, 9.17) is 4.74 Å². The van der Waals surface area contributed by atoms with E-state index in [1.807, 2.05) is 0 Å². The van der Waals surface area contributed by atoms with Crippen LogP contribution in [-0.2, 0) is 5.41 Å². The highest BCUT2D eigenvalue weighted by Crippen LogP contribution is 2.34. The van der Waals surface area contributed by atoms with Crippen molar-refractivity contribution in [1.82, 2.24) is 5.32 Å². The van der Waals surface area contributed by atoms with Crippen LogP contribution in [0.2, 0.25) is 0 Å². The van der Waals surface area contributed by atoms with Crippen LogP contribution in [0.4, 0.5) is 4.39 Å². The third kappa shape index (κ3) is 3.70. The third-order valence-electron chi connectivity index (χ3n) is 3.07. The van der Waals surface area contributed by atoms with Crippen LogP contribution in [0, 0.1) is 5.82 Å². The molecule has 0 radical (unpaired) electrons. The van der Waals surface area contributed by atoms with E-state index in [2.05, 4.69) is 26.1 Å². The maximum atomic E-state index is 13.3. The maximum absolute atomic E-state index is 13.3. The SMILES string of the molecule is CCNCCC(C)(C)c1cc(F)ccc1OC. The van der Waals surface area contributed by atoms with E-state index in [0.29, 0.717) is 0 Å². The Morgan fingerprint density at radius 1 is 1.35 bits per heavy atom. The Balaban J connectivity index is 2.91. The normalized spacial score (nSPS) is 11.6. The van der Waals surface area contributed by atoms with Crippen molar-refractivity contribution in [2.45, 2.75) is 32.6 Å². The molecule has 0 bridgehead atoms. The van der Waals surface area contributed by atoms with Gasteiger partial charge >= 0.3 is 0 Å². The van der Waals surface area contributed by atoms with Gasteiger partial charge in [-0.15, -0.1) is 0 Å². The van der Waals surface area contributed by atoms with Crippen molar-refractivity contribution in [2.24, 2.45) is 0 Å². The Hall–Kier alpha value is -1.09. The second-order valence-electron chi connectivity index (χ2n) is 4.83. The molecule has 17 heavy (non-hydrogen) atoms. The second kappa shape index (κ2) is 6.01. The van der Waals surface area contributed by atoms with Gasteiger partial charge in [-0.1, -0.05) is 20.8 Å². The van der Waals surface area contributed by atoms with Crippen molar-refractivity contribution >= 4 is 0 Å². The van der Waals surface area contributed by atoms with Crippen LogP contribution < -0.4 is 10.1 Å². The molecule has 96 valence electrons. The molecule has 0 aliphatic heterocycles. The summed E-state index contributed by atoms with van der Waals surface area (Å²) in [7, 11) is 1.62. The Morgan fingerprint density at radius 2 is 2.06 bits per heavy atom. The van der Waals surface area contributed by atoms with Crippen LogP contribution in [-0.4, -0.2) is 20.2 Å². The van der Waals surface area contributed by atoms with E-state index in [9.17, 15) is 4.39 Å². The lowest BCUT2D eigenvalue weighted by atomic mass is 9.81. The third-order valence-corrected chi connectivity index (χ3v) is 3.07. The highest BCUT2D eigenvalue weighted by molar-refractivity contribution is 5.39. The molecule has 3 heteroatoms. The van der Waals surface area contributed by atoms with E-state index >= 15 is 0 Å². The molecule has 0 aliphatic carbocycles. The summed E-state index contributed by atoms with van der Waals surface area (Å²) >= 11 is 0. The Morgan fingerprint density at radius 3 is 2.65 bits per heavy atom. The second-order valence-corrected chi connectivity index (χ2v) is 4.83. The first-order chi connectivity index (χ1) is 8.01. The van der Waals surface area contributed by atoms with Crippen molar-refractivity contribution in [1.29, 1.82) is 0 Å². The molecule has 1 aromatic carbocycles. The zero-order chi connectivity index (χ0) is 12.9. The van der Waals surface area contributed by atoms with Crippen molar-refractivity contribution in [3.05, 3.63) is 29.6 Å². The van der Waals surface area contributed by atoms with Gasteiger partial charge in [-0.25, -0.2) is 4.39 Å². The molecular weight excluding hydrogens is 217 g/mol. The van der Waals surface area contributed by atoms with Crippen molar-refractivity contribution in [3.63, 3.8) is 0 Å². The van der Waals surface area contributed by atoms with Crippen LogP contribution in [0.15, 0.2) is 18.2 Å². The molecule has 0 saturated carbocycles. The van der Waals surface area contributed by atoms with Crippen molar-refractivity contribution < 1.29 is 9.13 Å². The average molecular weight is 239 g/mol. The molecule has 0 aromatic heterocycles. The highest BCUT2D eigenvalue weighted by Gasteiger charge is 2.24. The molecule has 0 saturated heterocycles. The van der Waals surface area contributed by atoms with E-state index in [0.717, 1.165) is 30.8 Å². The smallest absolute Gasteiger partial charge is 0.123 e. The van der Waals surface area contributed by atoms with E-state index < -0.39 is 0 Å². The van der Waals surface area contributed by atoms with Gasteiger partial charge in [0.25, 0.3) is 0 Å². The summed E-state index contributed by atoms with van der Waals surface area (Å²) < 4.78 is 18.6. The maximum Gasteiger partial charge on any atom is 0.123 e. The zero-order valence-electron chi connectivity index (χ0n) is 11.1. The monoisotopic (exact) mass is 239 g/mol. The first kappa shape index (κ1) is 14.0. The van der Waals surface area contributed by atoms with Gasteiger partial charge in [0.1, 0.15) is 11.6 Å². The molecule has 0 atom stereocenters. The Bertz CT molecular complexity index is 363. The predicted molar refractivity (Wildman–Crippen MR) is 69.1 cm³/mol. The van der Waals surface area contributed by atoms with Crippen LogP contribution in [0.1, 0.15) is 32.8 Å². The molecule has 2 nitrogen and oxygen atoms in total. The number of ether oxygens (including phenoxy) is 1. The van der Waals surface area contributed by atoms with Gasteiger partial charge in [0.05, 0.1) is 7.11 Å². The van der Waals surface area contributed by atoms with Gasteiger partial charge in [0.2, 0.25) is 0 Å². The van der Waals surface area contributed by atoms with E-state index in [-0.39, 0.29) is 11.2 Å². The number of hydrogen-bond acceptors (Lipinski definition) is 2.